The van der Waals surface area contributed by atoms with Crippen molar-refractivity contribution in [3.8, 4) is 6.07 Å². The van der Waals surface area contributed by atoms with Crippen LogP contribution in [0.5, 0.6) is 0 Å². The molecule has 1 aliphatic carbocycles. The number of halogens is 4. The first kappa shape index (κ1) is 30.9. The number of alkyl halides is 4. The average Bonchev–Trinajstić information content (AvgIpc) is 3.65. The van der Waals surface area contributed by atoms with Gasteiger partial charge in [-0.3, -0.25) is 14.5 Å². The van der Waals surface area contributed by atoms with E-state index < -0.39 is 23.8 Å². The van der Waals surface area contributed by atoms with Crippen molar-refractivity contribution in [2.45, 2.75) is 83.2 Å². The highest BCUT2D eigenvalue weighted by Gasteiger charge is 2.46. The van der Waals surface area contributed by atoms with Gasteiger partial charge in [0.05, 0.1) is 35.4 Å². The third-order valence-electron chi connectivity index (χ3n) is 6.83. The van der Waals surface area contributed by atoms with Crippen LogP contribution >= 0.6 is 0 Å². The second-order valence-corrected chi connectivity index (χ2v) is 10.1. The van der Waals surface area contributed by atoms with E-state index in [1.165, 1.54) is 0 Å². The van der Waals surface area contributed by atoms with Crippen molar-refractivity contribution in [3.05, 3.63) is 54.5 Å². The fourth-order valence-electron chi connectivity index (χ4n) is 4.36. The predicted octanol–water partition coefficient (Wildman–Crippen LogP) is 6.09. The number of nitrogens with zero attached hydrogens (tertiary/aromatic N) is 5. The minimum absolute atomic E-state index is 0.163. The number of hydrogen-bond acceptors (Lipinski definition) is 5. The number of carbonyl (C=O) groups excluding carboxylic acids is 1. The van der Waals surface area contributed by atoms with E-state index in [9.17, 15) is 22.4 Å². The summed E-state index contributed by atoms with van der Waals surface area (Å²) in [7, 11) is 0. The number of pyridine rings is 1. The Bertz CT molecular complexity index is 1300. The number of amides is 1. The maximum Gasteiger partial charge on any atom is 0.321 e. The fourth-order valence-corrected chi connectivity index (χ4v) is 4.36. The van der Waals surface area contributed by atoms with Gasteiger partial charge in [-0.25, -0.2) is 8.78 Å². The molecule has 1 atom stereocenters. The quantitative estimate of drug-likeness (QED) is 0.369. The largest absolute Gasteiger partial charge is 0.371 e. The first-order valence-electron chi connectivity index (χ1n) is 13.5. The lowest BCUT2D eigenvalue weighted by Gasteiger charge is -2.33. The third-order valence-corrected chi connectivity index (χ3v) is 6.83. The smallest absolute Gasteiger partial charge is 0.321 e. The number of carbonyl (C=O) groups is 1. The number of nitrogens with one attached hydrogen (secondary N) is 1. The van der Waals surface area contributed by atoms with E-state index >= 15 is 0 Å². The fraction of sp³-hybridized carbons (Fsp3) is 0.517. The summed E-state index contributed by atoms with van der Waals surface area (Å²) in [6.45, 7) is 7.00. The lowest BCUT2D eigenvalue weighted by Crippen LogP contribution is -2.44. The monoisotopic (exact) mass is 560 g/mol. The number of hydrogen-bond donors (Lipinski definition) is 1. The van der Waals surface area contributed by atoms with E-state index in [0.29, 0.717) is 20.0 Å². The molecule has 11 heteroatoms. The Labute approximate surface area is 232 Å². The van der Waals surface area contributed by atoms with Crippen LogP contribution in [0, 0.1) is 11.3 Å². The Morgan fingerprint density at radius 1 is 1.15 bits per heavy atom. The molecule has 0 bridgehead atoms. The van der Waals surface area contributed by atoms with Crippen molar-refractivity contribution in [1.29, 1.82) is 5.26 Å². The first-order valence-corrected chi connectivity index (χ1v) is 13.5. The summed E-state index contributed by atoms with van der Waals surface area (Å²) < 4.78 is 54.2. The van der Waals surface area contributed by atoms with Gasteiger partial charge in [-0.05, 0) is 50.1 Å². The van der Waals surface area contributed by atoms with Crippen LogP contribution in [-0.4, -0.2) is 51.6 Å². The Morgan fingerprint density at radius 3 is 2.38 bits per heavy atom. The molecule has 3 aromatic rings. The van der Waals surface area contributed by atoms with Gasteiger partial charge >= 0.3 is 5.92 Å². The second-order valence-electron chi connectivity index (χ2n) is 10.1. The molecular weight excluding hydrogens is 524 g/mol. The van der Waals surface area contributed by atoms with Crippen LogP contribution in [0.25, 0.3) is 10.9 Å². The molecule has 1 aliphatic heterocycles. The number of piperidine rings is 1. The van der Waals surface area contributed by atoms with Crippen molar-refractivity contribution in [2.75, 3.05) is 18.0 Å². The standard InChI is InChI=1S/C18H22F4N4O.C9H8N2.C2H6/c1-12(24-16(27)17(2,19)20)11-26-15-4-3-14(9-13(15)10-23-26)25-7-5-18(21,22)6-8-25;10-7-9(4-5-9)8-3-1-2-6-11-8;1-2/h3-4,9-10,12H,5-8,11H2,1-2H3,(H,24,27);1-3,6H,4-5H2;1-2H3. The van der Waals surface area contributed by atoms with Gasteiger partial charge in [-0.1, -0.05) is 19.9 Å². The van der Waals surface area contributed by atoms with Crippen LogP contribution in [-0.2, 0) is 16.8 Å². The minimum atomic E-state index is -3.43. The zero-order valence-corrected chi connectivity index (χ0v) is 23.3. The predicted molar refractivity (Wildman–Crippen MR) is 146 cm³/mol. The molecule has 2 aliphatic rings. The van der Waals surface area contributed by atoms with Crippen molar-refractivity contribution in [1.82, 2.24) is 20.1 Å². The van der Waals surface area contributed by atoms with E-state index in [0.717, 1.165) is 35.1 Å². The normalized spacial score (nSPS) is 17.8. The second kappa shape index (κ2) is 12.7. The Balaban J connectivity index is 0.000000280. The average molecular weight is 561 g/mol. The molecule has 0 radical (unpaired) electrons. The molecule has 7 nitrogen and oxygen atoms in total. The van der Waals surface area contributed by atoms with E-state index in [-0.39, 0.29) is 24.8 Å². The topological polar surface area (TPSA) is 86.8 Å². The van der Waals surface area contributed by atoms with Crippen LogP contribution < -0.4 is 10.2 Å². The molecule has 1 N–H and O–H groups in total. The lowest BCUT2D eigenvalue weighted by atomic mass is 10.0. The van der Waals surface area contributed by atoms with Crippen molar-refractivity contribution in [3.63, 3.8) is 0 Å². The lowest BCUT2D eigenvalue weighted by molar-refractivity contribution is -0.143. The van der Waals surface area contributed by atoms with E-state index in [2.05, 4.69) is 21.5 Å². The van der Waals surface area contributed by atoms with Crippen LogP contribution in [0.2, 0.25) is 0 Å². The molecule has 2 aromatic heterocycles. The van der Waals surface area contributed by atoms with Gasteiger partial charge in [0.1, 0.15) is 0 Å². The summed E-state index contributed by atoms with van der Waals surface area (Å²) in [6.07, 6.45) is 5.00. The zero-order chi connectivity index (χ0) is 29.6. The molecule has 1 amide bonds. The van der Waals surface area contributed by atoms with Gasteiger partial charge in [0.15, 0.2) is 0 Å². The molecule has 216 valence electrons. The van der Waals surface area contributed by atoms with Crippen LogP contribution in [0.15, 0.2) is 48.8 Å². The summed E-state index contributed by atoms with van der Waals surface area (Å²) >= 11 is 0. The molecule has 2 fully saturated rings. The Morgan fingerprint density at radius 2 is 1.82 bits per heavy atom. The molecule has 0 spiro atoms. The van der Waals surface area contributed by atoms with E-state index in [4.69, 9.17) is 5.26 Å². The highest BCUT2D eigenvalue weighted by Crippen LogP contribution is 2.46. The van der Waals surface area contributed by atoms with E-state index in [1.807, 2.05) is 55.1 Å². The molecule has 1 saturated heterocycles. The molecular formula is C29H36F4N6O. The summed E-state index contributed by atoms with van der Waals surface area (Å²) in [4.78, 5) is 17.5. The molecule has 1 aromatic carbocycles. The molecule has 3 heterocycles. The molecule has 1 saturated carbocycles. The molecule has 1 unspecified atom stereocenters. The third kappa shape index (κ3) is 7.71. The van der Waals surface area contributed by atoms with Gasteiger partial charge in [-0.15, -0.1) is 0 Å². The van der Waals surface area contributed by atoms with Crippen LogP contribution in [0.1, 0.15) is 59.1 Å². The van der Waals surface area contributed by atoms with Gasteiger partial charge < -0.3 is 10.2 Å². The highest BCUT2D eigenvalue weighted by atomic mass is 19.3. The maximum atomic E-state index is 13.3. The SMILES string of the molecule is CC.CC(Cn1ncc2cc(N3CCC(F)(F)CC3)ccc21)NC(=O)C(C)(F)F.N#CC1(c2ccccn2)CC1. The summed E-state index contributed by atoms with van der Waals surface area (Å²) in [6, 6.07) is 13.1. The summed E-state index contributed by atoms with van der Waals surface area (Å²) in [5.41, 5.74) is 2.35. The van der Waals surface area contributed by atoms with Crippen molar-refractivity contribution < 1.29 is 22.4 Å². The molecule has 40 heavy (non-hydrogen) atoms. The zero-order valence-electron chi connectivity index (χ0n) is 23.3. The minimum Gasteiger partial charge on any atom is -0.371 e. The van der Waals surface area contributed by atoms with Gasteiger partial charge in [-0.2, -0.15) is 19.1 Å². The van der Waals surface area contributed by atoms with Gasteiger partial charge in [0, 0.05) is 56.2 Å². The Kier molecular flexibility index (Phi) is 9.77. The van der Waals surface area contributed by atoms with Crippen LogP contribution in [0.3, 0.4) is 0 Å². The number of fused-ring (bicyclic) bond motifs is 1. The summed E-state index contributed by atoms with van der Waals surface area (Å²) in [5, 5.41) is 16.2. The van der Waals surface area contributed by atoms with Crippen molar-refractivity contribution in [2.24, 2.45) is 0 Å². The van der Waals surface area contributed by atoms with Crippen molar-refractivity contribution >= 4 is 22.5 Å². The van der Waals surface area contributed by atoms with E-state index in [1.54, 1.807) is 24.0 Å². The molecule has 5 rings (SSSR count). The maximum absolute atomic E-state index is 13.3. The summed E-state index contributed by atoms with van der Waals surface area (Å²) in [5.74, 6) is -7.35. The van der Waals surface area contributed by atoms with Gasteiger partial charge in [0.2, 0.25) is 0 Å². The number of benzene rings is 1. The van der Waals surface area contributed by atoms with Crippen LogP contribution in [0.4, 0.5) is 23.2 Å². The highest BCUT2D eigenvalue weighted by molar-refractivity contribution is 5.84. The van der Waals surface area contributed by atoms with Gasteiger partial charge in [0.25, 0.3) is 11.8 Å². The number of rotatable bonds is 6. The first-order chi connectivity index (χ1) is 18.9. The number of nitriles is 1. The Hall–Kier alpha value is -3.68. The number of anilines is 1. The number of aromatic nitrogens is 3.